The maximum absolute atomic E-state index is 15.5. The molecule has 0 unspecified atom stereocenters. The van der Waals surface area contributed by atoms with E-state index in [1.54, 1.807) is 17.7 Å². The number of hydrogen-bond donors (Lipinski definition) is 0. The van der Waals surface area contributed by atoms with Gasteiger partial charge in [-0.25, -0.2) is 8.78 Å². The number of allylic oxidation sites excluding steroid dienone is 6. The Bertz CT molecular complexity index is 2080. The normalized spacial score (nSPS) is 16.9. The third-order valence-corrected chi connectivity index (χ3v) is 9.16. The molecule has 4 nitrogen and oxygen atoms in total. The van der Waals surface area contributed by atoms with E-state index in [9.17, 15) is 13.6 Å². The zero-order valence-corrected chi connectivity index (χ0v) is 25.9. The van der Waals surface area contributed by atoms with Crippen LogP contribution in [0.5, 0.6) is 5.75 Å². The molecule has 7 rings (SSSR count). The van der Waals surface area contributed by atoms with Gasteiger partial charge in [-0.05, 0) is 83.6 Å². The first-order valence-electron chi connectivity index (χ1n) is 15.6. The van der Waals surface area contributed by atoms with Crippen molar-refractivity contribution >= 4 is 16.9 Å². The van der Waals surface area contributed by atoms with Crippen molar-refractivity contribution < 1.29 is 27.0 Å². The van der Waals surface area contributed by atoms with Gasteiger partial charge in [0.2, 0.25) is 11.6 Å². The predicted molar refractivity (Wildman–Crippen MR) is 174 cm³/mol. The average Bonchev–Trinajstić information content (AvgIpc) is 3.10. The fourth-order valence-electron chi connectivity index (χ4n) is 6.97. The summed E-state index contributed by atoms with van der Waals surface area (Å²) in [6.07, 6.45) is 7.85. The highest BCUT2D eigenvalue weighted by Gasteiger charge is 2.34. The van der Waals surface area contributed by atoms with Crippen molar-refractivity contribution in [1.29, 1.82) is 0 Å². The minimum Gasteiger partial charge on any atom is -0.491 e. The van der Waals surface area contributed by atoms with E-state index in [1.165, 1.54) is 6.08 Å². The highest BCUT2D eigenvalue weighted by atomic mass is 19.2. The van der Waals surface area contributed by atoms with Gasteiger partial charge < -0.3 is 14.0 Å². The highest BCUT2D eigenvalue weighted by Crippen LogP contribution is 2.47. The van der Waals surface area contributed by atoms with E-state index in [4.69, 9.17) is 4.74 Å². The van der Waals surface area contributed by atoms with Crippen LogP contribution in [-0.4, -0.2) is 11.7 Å². The number of methoxy groups -OCH3 is 1. The highest BCUT2D eigenvalue weighted by molar-refractivity contribution is 5.89. The van der Waals surface area contributed by atoms with E-state index in [2.05, 4.69) is 4.74 Å². The molecular formula is C39H31F4NO3. The van der Waals surface area contributed by atoms with Gasteiger partial charge in [0.15, 0.2) is 17.4 Å². The van der Waals surface area contributed by atoms with E-state index in [0.717, 1.165) is 71.0 Å². The van der Waals surface area contributed by atoms with E-state index in [-0.39, 0.29) is 11.3 Å². The molecule has 0 saturated heterocycles. The molecule has 238 valence electrons. The fourth-order valence-corrected chi connectivity index (χ4v) is 6.97. The summed E-state index contributed by atoms with van der Waals surface area (Å²) in [6, 6.07) is 20.8. The van der Waals surface area contributed by atoms with Gasteiger partial charge in [0, 0.05) is 18.7 Å². The van der Waals surface area contributed by atoms with Gasteiger partial charge in [0.05, 0.1) is 18.4 Å². The SMILES string of the molecule is COc1c(F)c(F)c(C2=CC(c3ccccc3)=C3CCCC(/C=C4/CCCc5c(-c6ccccc6)cc(=O)n(C)c54)=C3O2)c(F)c1F. The Morgan fingerprint density at radius 1 is 0.809 bits per heavy atom. The topological polar surface area (TPSA) is 40.5 Å². The van der Waals surface area contributed by atoms with E-state index in [1.807, 2.05) is 66.7 Å². The van der Waals surface area contributed by atoms with Gasteiger partial charge in [0.25, 0.3) is 5.56 Å². The summed E-state index contributed by atoms with van der Waals surface area (Å²) >= 11 is 0. The van der Waals surface area contributed by atoms with Crippen LogP contribution in [0.3, 0.4) is 0 Å². The molecule has 47 heavy (non-hydrogen) atoms. The number of rotatable bonds is 5. The summed E-state index contributed by atoms with van der Waals surface area (Å²) < 4.78 is 73.3. The molecule has 0 saturated carbocycles. The van der Waals surface area contributed by atoms with Gasteiger partial charge in [-0.3, -0.25) is 4.79 Å². The molecule has 8 heteroatoms. The van der Waals surface area contributed by atoms with Crippen LogP contribution in [0.1, 0.15) is 54.5 Å². The van der Waals surface area contributed by atoms with Crippen molar-refractivity contribution in [3.05, 3.63) is 152 Å². The summed E-state index contributed by atoms with van der Waals surface area (Å²) in [7, 11) is 2.70. The molecule has 1 aliphatic heterocycles. The Morgan fingerprint density at radius 2 is 1.45 bits per heavy atom. The molecule has 0 radical (unpaired) electrons. The first-order chi connectivity index (χ1) is 22.8. The molecule has 4 aromatic rings. The summed E-state index contributed by atoms with van der Waals surface area (Å²) in [5.41, 5.74) is 6.69. The number of fused-ring (bicyclic) bond motifs is 2. The van der Waals surface area contributed by atoms with Crippen molar-refractivity contribution in [1.82, 2.24) is 4.57 Å². The Hall–Kier alpha value is -5.11. The van der Waals surface area contributed by atoms with Crippen molar-refractivity contribution in [2.24, 2.45) is 7.05 Å². The van der Waals surface area contributed by atoms with Crippen molar-refractivity contribution in [3.8, 4) is 16.9 Å². The van der Waals surface area contributed by atoms with Gasteiger partial charge in [-0.1, -0.05) is 66.7 Å². The summed E-state index contributed by atoms with van der Waals surface area (Å²) in [5.74, 6) is -7.59. The zero-order valence-electron chi connectivity index (χ0n) is 25.9. The molecule has 0 amide bonds. The molecule has 1 aromatic heterocycles. The summed E-state index contributed by atoms with van der Waals surface area (Å²) in [4.78, 5) is 13.3. The number of halogens is 4. The summed E-state index contributed by atoms with van der Waals surface area (Å²) in [6.45, 7) is 0. The van der Waals surface area contributed by atoms with E-state index in [0.29, 0.717) is 30.6 Å². The molecule has 0 atom stereocenters. The Labute approximate surface area is 269 Å². The Balaban J connectivity index is 1.44. The second kappa shape index (κ2) is 12.2. The lowest BCUT2D eigenvalue weighted by Gasteiger charge is -2.30. The molecule has 2 aliphatic carbocycles. The van der Waals surface area contributed by atoms with Gasteiger partial charge in [-0.2, -0.15) is 8.78 Å². The molecular weight excluding hydrogens is 606 g/mol. The van der Waals surface area contributed by atoms with Gasteiger partial charge >= 0.3 is 0 Å². The average molecular weight is 638 g/mol. The molecule has 0 bridgehead atoms. The maximum Gasteiger partial charge on any atom is 0.251 e. The fraction of sp³-hybridized carbons (Fsp3) is 0.205. The van der Waals surface area contributed by atoms with Crippen LogP contribution >= 0.6 is 0 Å². The molecule has 0 spiro atoms. The van der Waals surface area contributed by atoms with Crippen LogP contribution in [0.25, 0.3) is 28.0 Å². The van der Waals surface area contributed by atoms with Crippen molar-refractivity contribution in [2.45, 2.75) is 38.5 Å². The lowest BCUT2D eigenvalue weighted by atomic mass is 9.82. The minimum absolute atomic E-state index is 0.128. The Kier molecular flexibility index (Phi) is 7.96. The Morgan fingerprint density at radius 3 is 2.11 bits per heavy atom. The maximum atomic E-state index is 15.5. The van der Waals surface area contributed by atoms with Crippen molar-refractivity contribution in [3.63, 3.8) is 0 Å². The quantitative estimate of drug-likeness (QED) is 0.162. The number of aromatic nitrogens is 1. The number of benzene rings is 3. The second-order valence-corrected chi connectivity index (χ2v) is 11.9. The second-order valence-electron chi connectivity index (χ2n) is 11.9. The standard InChI is InChI=1S/C39H31F4NO3/c1-44-31(45)21-29(23-13-7-4-8-14-23)26-17-9-15-24(37(26)44)19-25-16-10-18-27-28(22-11-5-3-6-12-22)20-30(47-38(25)27)32-33(40)35(42)39(46-2)36(43)34(32)41/h3-8,11-14,19-21H,9-10,15-18H2,1-2H3/b24-19-. The minimum atomic E-state index is -1.64. The zero-order chi connectivity index (χ0) is 32.8. The largest absolute Gasteiger partial charge is 0.491 e. The van der Waals surface area contributed by atoms with Crippen LogP contribution in [0, 0.1) is 23.3 Å². The molecule has 0 N–H and O–H groups in total. The number of pyridine rings is 1. The molecule has 2 heterocycles. The smallest absolute Gasteiger partial charge is 0.251 e. The summed E-state index contributed by atoms with van der Waals surface area (Å²) in [5, 5.41) is 0. The molecule has 0 fully saturated rings. The number of ether oxygens (including phenoxy) is 2. The number of nitrogens with zero attached hydrogens (tertiary/aromatic N) is 1. The first-order valence-corrected chi connectivity index (χ1v) is 15.6. The monoisotopic (exact) mass is 637 g/mol. The van der Waals surface area contributed by atoms with Crippen LogP contribution in [0.15, 0.2) is 101 Å². The van der Waals surface area contributed by atoms with Crippen LogP contribution in [-0.2, 0) is 18.2 Å². The first kappa shape index (κ1) is 30.5. The van der Waals surface area contributed by atoms with Crippen LogP contribution in [0.4, 0.5) is 17.6 Å². The third kappa shape index (κ3) is 5.22. The lowest BCUT2D eigenvalue weighted by Crippen LogP contribution is -2.24. The lowest BCUT2D eigenvalue weighted by molar-refractivity contribution is 0.323. The van der Waals surface area contributed by atoms with Gasteiger partial charge in [0.1, 0.15) is 11.5 Å². The third-order valence-electron chi connectivity index (χ3n) is 9.16. The van der Waals surface area contributed by atoms with Crippen LogP contribution < -0.4 is 10.3 Å². The van der Waals surface area contributed by atoms with Crippen LogP contribution in [0.2, 0.25) is 0 Å². The predicted octanol–water partition coefficient (Wildman–Crippen LogP) is 9.30. The molecule has 3 aliphatic rings. The number of hydrogen-bond acceptors (Lipinski definition) is 3. The van der Waals surface area contributed by atoms with Crippen molar-refractivity contribution in [2.75, 3.05) is 7.11 Å². The van der Waals surface area contributed by atoms with E-state index >= 15 is 8.78 Å². The molecule has 3 aromatic carbocycles. The van der Waals surface area contributed by atoms with E-state index < -0.39 is 34.6 Å². The van der Waals surface area contributed by atoms with Gasteiger partial charge in [-0.15, -0.1) is 0 Å².